The Bertz CT molecular complexity index is 640. The molecule has 130 valence electrons. The van der Waals surface area contributed by atoms with Gasteiger partial charge in [0.25, 0.3) is 0 Å². The number of aliphatic hydroxyl groups is 1. The van der Waals surface area contributed by atoms with Gasteiger partial charge in [0.15, 0.2) is 0 Å². The minimum absolute atomic E-state index is 0. The van der Waals surface area contributed by atoms with E-state index in [2.05, 4.69) is 14.9 Å². The molecule has 0 bridgehead atoms. The van der Waals surface area contributed by atoms with Crippen LogP contribution in [0.2, 0.25) is 0 Å². The number of hydrogen-bond donors (Lipinski definition) is 1. The Kier molecular flexibility index (Phi) is 6.27. The number of benzene rings is 1. The van der Waals surface area contributed by atoms with E-state index in [9.17, 15) is 9.50 Å². The molecule has 0 radical (unpaired) electrons. The van der Waals surface area contributed by atoms with Crippen molar-refractivity contribution in [3.8, 4) is 0 Å². The summed E-state index contributed by atoms with van der Waals surface area (Å²) in [5.41, 5.74) is 1.04. The molecule has 6 heteroatoms. The van der Waals surface area contributed by atoms with E-state index in [4.69, 9.17) is 0 Å². The third-order valence-corrected chi connectivity index (χ3v) is 4.55. The number of hydrogen-bond acceptors (Lipinski definition) is 4. The predicted octanol–water partition coefficient (Wildman–Crippen LogP) is 3.08. The van der Waals surface area contributed by atoms with Crippen LogP contribution in [-0.4, -0.2) is 33.1 Å². The number of likely N-dealkylation sites (tertiary alicyclic amines) is 1. The van der Waals surface area contributed by atoms with Crippen LogP contribution in [0.25, 0.3) is 0 Å². The summed E-state index contributed by atoms with van der Waals surface area (Å²) in [7, 11) is 0. The number of rotatable bonds is 4. The van der Waals surface area contributed by atoms with Crippen molar-refractivity contribution in [2.45, 2.75) is 38.3 Å². The Labute approximate surface area is 148 Å². The molecule has 1 aliphatic rings. The summed E-state index contributed by atoms with van der Waals surface area (Å²) in [5, 5.41) is 10.8. The molecule has 24 heavy (non-hydrogen) atoms. The highest BCUT2D eigenvalue weighted by atomic mass is 35.5. The van der Waals surface area contributed by atoms with Gasteiger partial charge in [-0.25, -0.2) is 14.4 Å². The zero-order valence-electron chi connectivity index (χ0n) is 13.8. The highest BCUT2D eigenvalue weighted by molar-refractivity contribution is 5.85. The molecule has 0 saturated carbocycles. The van der Waals surface area contributed by atoms with Gasteiger partial charge in [-0.15, -0.1) is 12.4 Å². The topological polar surface area (TPSA) is 49.2 Å². The van der Waals surface area contributed by atoms with E-state index in [1.54, 1.807) is 12.1 Å². The Balaban J connectivity index is 0.00000208. The largest absolute Gasteiger partial charge is 0.385 e. The van der Waals surface area contributed by atoms with Crippen LogP contribution in [0.5, 0.6) is 0 Å². The fraction of sp³-hybridized carbons (Fsp3) is 0.444. The molecule has 1 saturated heterocycles. The number of piperidine rings is 1. The average molecular weight is 352 g/mol. The minimum Gasteiger partial charge on any atom is -0.385 e. The average Bonchev–Trinajstić information content (AvgIpc) is 2.58. The number of aryl methyl sites for hydroxylation is 1. The molecule has 0 aliphatic carbocycles. The Morgan fingerprint density at radius 3 is 2.25 bits per heavy atom. The lowest BCUT2D eigenvalue weighted by molar-refractivity contribution is -0.0278. The summed E-state index contributed by atoms with van der Waals surface area (Å²) < 4.78 is 13.0. The maximum Gasteiger partial charge on any atom is 0.127 e. The number of halogens is 2. The van der Waals surface area contributed by atoms with E-state index >= 15 is 0 Å². The zero-order valence-corrected chi connectivity index (χ0v) is 14.6. The zero-order chi connectivity index (χ0) is 16.3. The fourth-order valence-electron chi connectivity index (χ4n) is 3.03. The Morgan fingerprint density at radius 2 is 1.71 bits per heavy atom. The van der Waals surface area contributed by atoms with Crippen molar-refractivity contribution in [2.24, 2.45) is 0 Å². The highest BCUT2D eigenvalue weighted by Crippen LogP contribution is 2.33. The highest BCUT2D eigenvalue weighted by Gasteiger charge is 2.33. The molecule has 1 N–H and O–H groups in total. The number of nitrogens with zero attached hydrogens (tertiary/aromatic N) is 3. The van der Waals surface area contributed by atoms with Crippen molar-refractivity contribution in [3.05, 3.63) is 59.4 Å². The molecule has 4 nitrogen and oxygen atoms in total. The van der Waals surface area contributed by atoms with Crippen molar-refractivity contribution in [2.75, 3.05) is 13.1 Å². The first kappa shape index (κ1) is 18.8. The van der Waals surface area contributed by atoms with Crippen LogP contribution >= 0.6 is 12.4 Å². The van der Waals surface area contributed by atoms with Gasteiger partial charge >= 0.3 is 0 Å². The van der Waals surface area contributed by atoms with Gasteiger partial charge in [0, 0.05) is 44.0 Å². The van der Waals surface area contributed by atoms with Crippen molar-refractivity contribution in [3.63, 3.8) is 0 Å². The maximum atomic E-state index is 13.0. The van der Waals surface area contributed by atoms with Crippen LogP contribution in [0.15, 0.2) is 36.7 Å². The van der Waals surface area contributed by atoms with Gasteiger partial charge in [-0.2, -0.15) is 0 Å². The second kappa shape index (κ2) is 8.01. The predicted molar refractivity (Wildman–Crippen MR) is 93.5 cm³/mol. The van der Waals surface area contributed by atoms with Gasteiger partial charge in [-0.3, -0.25) is 4.90 Å². The lowest BCUT2D eigenvalue weighted by atomic mass is 9.84. The smallest absolute Gasteiger partial charge is 0.127 e. The van der Waals surface area contributed by atoms with Crippen LogP contribution < -0.4 is 0 Å². The van der Waals surface area contributed by atoms with Gasteiger partial charge in [0.05, 0.1) is 5.60 Å². The quantitative estimate of drug-likeness (QED) is 0.919. The normalized spacial score (nSPS) is 17.3. The first-order valence-electron chi connectivity index (χ1n) is 8.09. The molecule has 0 unspecified atom stereocenters. The van der Waals surface area contributed by atoms with Crippen LogP contribution in [-0.2, 0) is 18.6 Å². The molecule has 1 aromatic carbocycles. The van der Waals surface area contributed by atoms with Gasteiger partial charge in [0.2, 0.25) is 0 Å². The SMILES string of the molecule is CCc1ncc(CN2CCC(O)(c3ccc(F)cc3)CC2)cn1.Cl. The Morgan fingerprint density at radius 1 is 1.12 bits per heavy atom. The van der Waals surface area contributed by atoms with Crippen molar-refractivity contribution < 1.29 is 9.50 Å². The third-order valence-electron chi connectivity index (χ3n) is 4.55. The van der Waals surface area contributed by atoms with E-state index in [1.807, 2.05) is 19.3 Å². The summed E-state index contributed by atoms with van der Waals surface area (Å²) in [6.45, 7) is 4.42. The first-order chi connectivity index (χ1) is 11.1. The van der Waals surface area contributed by atoms with Gasteiger partial charge in [-0.1, -0.05) is 19.1 Å². The van der Waals surface area contributed by atoms with Crippen molar-refractivity contribution in [1.29, 1.82) is 0 Å². The van der Waals surface area contributed by atoms with Crippen LogP contribution in [0.1, 0.15) is 36.7 Å². The summed E-state index contributed by atoms with van der Waals surface area (Å²) in [4.78, 5) is 10.9. The monoisotopic (exact) mass is 351 g/mol. The molecule has 1 aliphatic heterocycles. The molecule has 0 amide bonds. The minimum atomic E-state index is -0.854. The molecular formula is C18H23ClFN3O. The molecular weight excluding hydrogens is 329 g/mol. The lowest BCUT2D eigenvalue weighted by Gasteiger charge is -2.38. The second-order valence-electron chi connectivity index (χ2n) is 6.18. The van der Waals surface area contributed by atoms with E-state index in [0.29, 0.717) is 12.8 Å². The van der Waals surface area contributed by atoms with Crippen LogP contribution in [0, 0.1) is 5.82 Å². The maximum absolute atomic E-state index is 13.0. The van der Waals surface area contributed by atoms with E-state index < -0.39 is 5.60 Å². The molecule has 1 fully saturated rings. The van der Waals surface area contributed by atoms with E-state index in [-0.39, 0.29) is 18.2 Å². The molecule has 2 heterocycles. The molecule has 2 aromatic rings. The fourth-order valence-corrected chi connectivity index (χ4v) is 3.03. The standard InChI is InChI=1S/C18H22FN3O.ClH/c1-2-17-20-11-14(12-21-17)13-22-9-7-18(23,8-10-22)15-3-5-16(19)6-4-15;/h3-6,11-12,23H,2,7-10,13H2,1H3;1H. The van der Waals surface area contributed by atoms with E-state index in [1.165, 1.54) is 12.1 Å². The van der Waals surface area contributed by atoms with Gasteiger partial charge in [0.1, 0.15) is 11.6 Å². The van der Waals surface area contributed by atoms with Crippen molar-refractivity contribution in [1.82, 2.24) is 14.9 Å². The first-order valence-corrected chi connectivity index (χ1v) is 8.09. The van der Waals surface area contributed by atoms with Gasteiger partial charge < -0.3 is 5.11 Å². The molecule has 0 spiro atoms. The summed E-state index contributed by atoms with van der Waals surface area (Å²) in [6.07, 6.45) is 5.90. The summed E-state index contributed by atoms with van der Waals surface area (Å²) in [6, 6.07) is 6.18. The van der Waals surface area contributed by atoms with Gasteiger partial charge in [-0.05, 0) is 30.5 Å². The van der Waals surface area contributed by atoms with E-state index in [0.717, 1.165) is 43.0 Å². The summed E-state index contributed by atoms with van der Waals surface area (Å²) in [5.74, 6) is 0.586. The summed E-state index contributed by atoms with van der Waals surface area (Å²) >= 11 is 0. The third kappa shape index (κ3) is 4.29. The molecule has 0 atom stereocenters. The molecule has 3 rings (SSSR count). The van der Waals surface area contributed by atoms with Crippen LogP contribution in [0.4, 0.5) is 4.39 Å². The lowest BCUT2D eigenvalue weighted by Crippen LogP contribution is -2.42. The molecule has 1 aromatic heterocycles. The van der Waals surface area contributed by atoms with Crippen LogP contribution in [0.3, 0.4) is 0 Å². The second-order valence-corrected chi connectivity index (χ2v) is 6.18. The number of aromatic nitrogens is 2. The Hall–Kier alpha value is -1.56. The van der Waals surface area contributed by atoms with Crippen molar-refractivity contribution >= 4 is 12.4 Å².